The standard InChI is InChI=1S/C16H20N2O2S/c1-17-12-11-14-7-9-16(10-8-14)21(19,20)18-13-15-5-3-2-4-6-15/h2-10,17-18H,11-13H2,1H3. The Morgan fingerprint density at radius 1 is 0.905 bits per heavy atom. The topological polar surface area (TPSA) is 58.2 Å². The Kier molecular flexibility index (Phi) is 5.50. The molecule has 21 heavy (non-hydrogen) atoms. The molecule has 0 spiro atoms. The molecule has 0 unspecified atom stereocenters. The van der Waals surface area contributed by atoms with Crippen LogP contribution in [0.2, 0.25) is 0 Å². The highest BCUT2D eigenvalue weighted by atomic mass is 32.2. The van der Waals surface area contributed by atoms with Crippen molar-refractivity contribution < 1.29 is 8.42 Å². The summed E-state index contributed by atoms with van der Waals surface area (Å²) in [6.07, 6.45) is 0.883. The van der Waals surface area contributed by atoms with E-state index in [0.717, 1.165) is 24.1 Å². The first-order chi connectivity index (χ1) is 10.1. The van der Waals surface area contributed by atoms with Crippen LogP contribution in [0.25, 0.3) is 0 Å². The molecule has 0 amide bonds. The molecular weight excluding hydrogens is 284 g/mol. The summed E-state index contributed by atoms with van der Waals surface area (Å²) < 4.78 is 27.0. The van der Waals surface area contributed by atoms with E-state index < -0.39 is 10.0 Å². The summed E-state index contributed by atoms with van der Waals surface area (Å²) in [4.78, 5) is 0.298. The Labute approximate surface area is 126 Å². The molecule has 2 rings (SSSR count). The van der Waals surface area contributed by atoms with Gasteiger partial charge < -0.3 is 5.32 Å². The molecule has 0 radical (unpaired) electrons. The Hall–Kier alpha value is -1.69. The highest BCUT2D eigenvalue weighted by molar-refractivity contribution is 7.89. The lowest BCUT2D eigenvalue weighted by atomic mass is 10.1. The maximum absolute atomic E-state index is 12.2. The van der Waals surface area contributed by atoms with Gasteiger partial charge in [-0.25, -0.2) is 13.1 Å². The lowest BCUT2D eigenvalue weighted by Crippen LogP contribution is -2.23. The molecule has 2 N–H and O–H groups in total. The summed E-state index contributed by atoms with van der Waals surface area (Å²) >= 11 is 0. The van der Waals surface area contributed by atoms with Gasteiger partial charge in [-0.05, 0) is 43.3 Å². The quantitative estimate of drug-likeness (QED) is 0.822. The zero-order valence-electron chi connectivity index (χ0n) is 12.0. The van der Waals surface area contributed by atoms with Crippen LogP contribution in [0.4, 0.5) is 0 Å². The minimum Gasteiger partial charge on any atom is -0.319 e. The zero-order valence-corrected chi connectivity index (χ0v) is 12.9. The smallest absolute Gasteiger partial charge is 0.240 e. The van der Waals surface area contributed by atoms with Gasteiger partial charge in [-0.15, -0.1) is 0 Å². The number of benzene rings is 2. The first-order valence-electron chi connectivity index (χ1n) is 6.89. The third-order valence-electron chi connectivity index (χ3n) is 3.21. The largest absolute Gasteiger partial charge is 0.319 e. The van der Waals surface area contributed by atoms with Gasteiger partial charge in [0.1, 0.15) is 0 Å². The van der Waals surface area contributed by atoms with Gasteiger partial charge in [0.2, 0.25) is 10.0 Å². The van der Waals surface area contributed by atoms with Crippen LogP contribution in [0, 0.1) is 0 Å². The number of nitrogens with one attached hydrogen (secondary N) is 2. The molecule has 2 aromatic carbocycles. The number of hydrogen-bond acceptors (Lipinski definition) is 3. The maximum Gasteiger partial charge on any atom is 0.240 e. The Balaban J connectivity index is 2.02. The van der Waals surface area contributed by atoms with Crippen LogP contribution in [0.15, 0.2) is 59.5 Å². The molecule has 2 aromatic rings. The van der Waals surface area contributed by atoms with Crippen LogP contribution in [-0.4, -0.2) is 22.0 Å². The Morgan fingerprint density at radius 3 is 2.19 bits per heavy atom. The highest BCUT2D eigenvalue weighted by Crippen LogP contribution is 2.11. The van der Waals surface area contributed by atoms with Gasteiger partial charge in [0, 0.05) is 6.54 Å². The van der Waals surface area contributed by atoms with E-state index in [0.29, 0.717) is 11.4 Å². The Bertz CT molecular complexity index is 652. The lowest BCUT2D eigenvalue weighted by Gasteiger charge is -2.08. The molecule has 0 aliphatic heterocycles. The van der Waals surface area contributed by atoms with Crippen molar-refractivity contribution in [2.45, 2.75) is 17.9 Å². The molecule has 4 nitrogen and oxygen atoms in total. The third-order valence-corrected chi connectivity index (χ3v) is 4.62. The molecule has 0 atom stereocenters. The minimum atomic E-state index is -3.46. The third kappa shape index (κ3) is 4.67. The van der Waals surface area contributed by atoms with Crippen LogP contribution in [0.5, 0.6) is 0 Å². The SMILES string of the molecule is CNCCc1ccc(S(=O)(=O)NCc2ccccc2)cc1. The van der Waals surface area contributed by atoms with E-state index in [1.807, 2.05) is 49.5 Å². The second-order valence-corrected chi connectivity index (χ2v) is 6.57. The predicted octanol–water partition coefficient (Wildman–Crippen LogP) is 1.93. The molecule has 0 aromatic heterocycles. The minimum absolute atomic E-state index is 0.296. The lowest BCUT2D eigenvalue weighted by molar-refractivity contribution is 0.581. The molecule has 112 valence electrons. The van der Waals surface area contributed by atoms with Gasteiger partial charge in [0.15, 0.2) is 0 Å². The van der Waals surface area contributed by atoms with Crippen LogP contribution in [0.1, 0.15) is 11.1 Å². The van der Waals surface area contributed by atoms with Crippen molar-refractivity contribution >= 4 is 10.0 Å². The van der Waals surface area contributed by atoms with Gasteiger partial charge in [0.25, 0.3) is 0 Å². The van der Waals surface area contributed by atoms with E-state index in [9.17, 15) is 8.42 Å². The van der Waals surface area contributed by atoms with Crippen molar-refractivity contribution in [2.24, 2.45) is 0 Å². The van der Waals surface area contributed by atoms with Crippen molar-refractivity contribution in [1.82, 2.24) is 10.0 Å². The fourth-order valence-corrected chi connectivity index (χ4v) is 2.98. The molecular formula is C16H20N2O2S. The number of sulfonamides is 1. The zero-order chi connectivity index (χ0) is 15.1. The molecule has 5 heteroatoms. The van der Waals surface area contributed by atoms with E-state index in [1.165, 1.54) is 0 Å². The Morgan fingerprint density at radius 2 is 1.57 bits per heavy atom. The molecule has 0 saturated carbocycles. The summed E-state index contributed by atoms with van der Waals surface area (Å²) in [5.74, 6) is 0. The molecule has 0 aliphatic carbocycles. The number of likely N-dealkylation sites (N-methyl/N-ethyl adjacent to an activating group) is 1. The number of rotatable bonds is 7. The monoisotopic (exact) mass is 304 g/mol. The summed E-state index contributed by atoms with van der Waals surface area (Å²) in [6.45, 7) is 1.17. The van der Waals surface area contributed by atoms with Crippen molar-refractivity contribution in [2.75, 3.05) is 13.6 Å². The molecule has 0 bridgehead atoms. The fraction of sp³-hybridized carbons (Fsp3) is 0.250. The maximum atomic E-state index is 12.2. The van der Waals surface area contributed by atoms with Crippen molar-refractivity contribution in [3.63, 3.8) is 0 Å². The second kappa shape index (κ2) is 7.36. The molecule has 0 fully saturated rings. The van der Waals surface area contributed by atoms with E-state index in [-0.39, 0.29) is 0 Å². The molecule has 0 aliphatic rings. The fourth-order valence-electron chi connectivity index (χ4n) is 1.96. The average molecular weight is 304 g/mol. The van der Waals surface area contributed by atoms with Gasteiger partial charge in [-0.2, -0.15) is 0 Å². The van der Waals surface area contributed by atoms with Crippen molar-refractivity contribution in [3.05, 3.63) is 65.7 Å². The van der Waals surface area contributed by atoms with Crippen molar-refractivity contribution in [3.8, 4) is 0 Å². The molecule has 0 heterocycles. The van der Waals surface area contributed by atoms with Crippen LogP contribution in [0.3, 0.4) is 0 Å². The summed E-state index contributed by atoms with van der Waals surface area (Å²) in [6, 6.07) is 16.5. The highest BCUT2D eigenvalue weighted by Gasteiger charge is 2.13. The van der Waals surface area contributed by atoms with Gasteiger partial charge >= 0.3 is 0 Å². The predicted molar refractivity (Wildman–Crippen MR) is 84.5 cm³/mol. The summed E-state index contributed by atoms with van der Waals surface area (Å²) in [7, 11) is -1.57. The van der Waals surface area contributed by atoms with E-state index in [2.05, 4.69) is 10.0 Å². The number of hydrogen-bond donors (Lipinski definition) is 2. The van der Waals surface area contributed by atoms with Gasteiger partial charge in [-0.3, -0.25) is 0 Å². The first kappa shape index (κ1) is 15.7. The van der Waals surface area contributed by atoms with Gasteiger partial charge in [-0.1, -0.05) is 42.5 Å². The van der Waals surface area contributed by atoms with Crippen LogP contribution < -0.4 is 10.0 Å². The van der Waals surface area contributed by atoms with E-state index in [4.69, 9.17) is 0 Å². The normalized spacial score (nSPS) is 11.5. The van der Waals surface area contributed by atoms with Crippen LogP contribution in [-0.2, 0) is 23.0 Å². The van der Waals surface area contributed by atoms with Gasteiger partial charge in [0.05, 0.1) is 4.90 Å². The average Bonchev–Trinajstić information content (AvgIpc) is 2.52. The first-order valence-corrected chi connectivity index (χ1v) is 8.37. The summed E-state index contributed by atoms with van der Waals surface area (Å²) in [5.41, 5.74) is 2.05. The molecule has 0 saturated heterocycles. The van der Waals surface area contributed by atoms with Crippen LogP contribution >= 0.6 is 0 Å². The second-order valence-electron chi connectivity index (χ2n) is 4.81. The van der Waals surface area contributed by atoms with Crippen molar-refractivity contribution in [1.29, 1.82) is 0 Å². The summed E-state index contributed by atoms with van der Waals surface area (Å²) in [5, 5.41) is 3.07. The van der Waals surface area contributed by atoms with E-state index in [1.54, 1.807) is 12.1 Å². The van der Waals surface area contributed by atoms with E-state index >= 15 is 0 Å².